The van der Waals surface area contributed by atoms with Crippen molar-refractivity contribution < 1.29 is 61.3 Å². The van der Waals surface area contributed by atoms with Gasteiger partial charge < -0.3 is 9.90 Å². The number of fused-ring (bicyclic) bond motifs is 1. The van der Waals surface area contributed by atoms with Gasteiger partial charge in [0, 0.05) is 16.5 Å². The van der Waals surface area contributed by atoms with Crippen LogP contribution in [0.5, 0.6) is 0 Å². The van der Waals surface area contributed by atoms with E-state index in [1.165, 1.54) is 6.07 Å². The van der Waals surface area contributed by atoms with E-state index in [4.69, 9.17) is 23.2 Å². The predicted molar refractivity (Wildman–Crippen MR) is 86.3 cm³/mol. The summed E-state index contributed by atoms with van der Waals surface area (Å²) in [7, 11) is 0. The van der Waals surface area contributed by atoms with E-state index >= 15 is 0 Å². The standard InChI is InChI=1S/C17H11Cl2NO2.K/c1-9-2-5-15-11(6-9)12(17(21)22)8-16(20-15)10-3-4-13(18)14(19)7-10;/h2-8H,1H3,(H,21,22);/q;+1/p-1. The van der Waals surface area contributed by atoms with E-state index in [2.05, 4.69) is 4.98 Å². The fraction of sp³-hybridized carbons (Fsp3) is 0.0588. The SMILES string of the molecule is Cc1ccc2nc(-c3ccc(Cl)c(Cl)c3)cc(C(=O)[O-])c2c1.[K+]. The second-order valence-electron chi connectivity index (χ2n) is 4.99. The average molecular weight is 370 g/mol. The van der Waals surface area contributed by atoms with Gasteiger partial charge in [-0.2, -0.15) is 0 Å². The first-order valence-corrected chi connectivity index (χ1v) is 7.29. The molecule has 0 radical (unpaired) electrons. The van der Waals surface area contributed by atoms with Crippen molar-refractivity contribution in [3.63, 3.8) is 0 Å². The van der Waals surface area contributed by atoms with Crippen molar-refractivity contribution in [2.45, 2.75) is 6.92 Å². The van der Waals surface area contributed by atoms with Gasteiger partial charge in [-0.25, -0.2) is 4.98 Å². The van der Waals surface area contributed by atoms with Gasteiger partial charge in [0.1, 0.15) is 0 Å². The molecule has 0 aliphatic rings. The largest absolute Gasteiger partial charge is 1.00 e. The van der Waals surface area contributed by atoms with Crippen LogP contribution in [0.4, 0.5) is 0 Å². The maximum atomic E-state index is 11.4. The van der Waals surface area contributed by atoms with Crippen molar-refractivity contribution in [3.8, 4) is 11.3 Å². The van der Waals surface area contributed by atoms with Crippen LogP contribution in [0.3, 0.4) is 0 Å². The van der Waals surface area contributed by atoms with Gasteiger partial charge in [-0.1, -0.05) is 40.9 Å². The van der Waals surface area contributed by atoms with E-state index in [1.54, 1.807) is 30.3 Å². The molecule has 6 heteroatoms. The maximum absolute atomic E-state index is 11.4. The topological polar surface area (TPSA) is 53.0 Å². The number of rotatable bonds is 2. The molecule has 0 fully saturated rings. The molecule has 3 nitrogen and oxygen atoms in total. The van der Waals surface area contributed by atoms with Crippen LogP contribution in [-0.4, -0.2) is 11.0 Å². The number of halogens is 2. The Labute approximate surface area is 186 Å². The Balaban J connectivity index is 0.00000192. The van der Waals surface area contributed by atoms with Gasteiger partial charge in [-0.15, -0.1) is 0 Å². The number of carbonyl (C=O) groups excluding carboxylic acids is 1. The van der Waals surface area contributed by atoms with Gasteiger partial charge in [0.05, 0.1) is 27.2 Å². The van der Waals surface area contributed by atoms with Gasteiger partial charge >= 0.3 is 51.4 Å². The van der Waals surface area contributed by atoms with Crippen molar-refractivity contribution in [1.29, 1.82) is 0 Å². The van der Waals surface area contributed by atoms with E-state index in [1.807, 2.05) is 13.0 Å². The zero-order chi connectivity index (χ0) is 15.9. The third-order valence-electron chi connectivity index (χ3n) is 3.40. The number of carboxylic acid groups (broad SMARTS) is 1. The second kappa shape index (κ2) is 7.61. The maximum Gasteiger partial charge on any atom is 1.00 e. The van der Waals surface area contributed by atoms with Crippen molar-refractivity contribution in [2.24, 2.45) is 0 Å². The van der Waals surface area contributed by atoms with Crippen molar-refractivity contribution in [1.82, 2.24) is 4.98 Å². The van der Waals surface area contributed by atoms with Crippen LogP contribution in [0.1, 0.15) is 15.9 Å². The molecule has 1 heterocycles. The van der Waals surface area contributed by atoms with E-state index in [0.717, 1.165) is 5.56 Å². The summed E-state index contributed by atoms with van der Waals surface area (Å²) in [6, 6.07) is 12.0. The van der Waals surface area contributed by atoms with E-state index in [0.29, 0.717) is 32.2 Å². The first-order chi connectivity index (χ1) is 10.5. The molecule has 0 bridgehead atoms. The van der Waals surface area contributed by atoms with Crippen LogP contribution in [0, 0.1) is 6.92 Å². The number of carbonyl (C=O) groups is 1. The minimum Gasteiger partial charge on any atom is -0.545 e. The van der Waals surface area contributed by atoms with Gasteiger partial charge in [0.25, 0.3) is 0 Å². The number of nitrogens with zero attached hydrogens (tertiary/aromatic N) is 1. The van der Waals surface area contributed by atoms with Crippen molar-refractivity contribution in [3.05, 3.63) is 63.6 Å². The molecule has 2 aromatic carbocycles. The Morgan fingerprint density at radius 1 is 1.04 bits per heavy atom. The molecule has 0 unspecified atom stereocenters. The molecule has 0 N–H and O–H groups in total. The van der Waals surface area contributed by atoms with Crippen LogP contribution < -0.4 is 56.5 Å². The molecule has 0 saturated carbocycles. The minimum atomic E-state index is -1.24. The fourth-order valence-corrected chi connectivity index (χ4v) is 2.61. The van der Waals surface area contributed by atoms with Crippen LogP contribution in [0.25, 0.3) is 22.2 Å². The summed E-state index contributed by atoms with van der Waals surface area (Å²) in [6.07, 6.45) is 0. The van der Waals surface area contributed by atoms with Crippen LogP contribution in [-0.2, 0) is 0 Å². The first-order valence-electron chi connectivity index (χ1n) is 6.54. The van der Waals surface area contributed by atoms with Crippen molar-refractivity contribution in [2.75, 3.05) is 0 Å². The van der Waals surface area contributed by atoms with Gasteiger partial charge in [-0.3, -0.25) is 0 Å². The molecule has 0 spiro atoms. The van der Waals surface area contributed by atoms with Crippen LogP contribution in [0.15, 0.2) is 42.5 Å². The summed E-state index contributed by atoms with van der Waals surface area (Å²) in [6.45, 7) is 1.89. The number of hydrogen-bond acceptors (Lipinski definition) is 3. The fourth-order valence-electron chi connectivity index (χ4n) is 2.31. The third-order valence-corrected chi connectivity index (χ3v) is 4.14. The third kappa shape index (κ3) is 3.96. The van der Waals surface area contributed by atoms with Gasteiger partial charge in [-0.05, 0) is 37.3 Å². The summed E-state index contributed by atoms with van der Waals surface area (Å²) in [5.41, 5.74) is 2.86. The Morgan fingerprint density at radius 2 is 1.78 bits per heavy atom. The van der Waals surface area contributed by atoms with Gasteiger partial charge in [0.15, 0.2) is 0 Å². The molecule has 23 heavy (non-hydrogen) atoms. The normalized spacial score (nSPS) is 10.4. The molecule has 0 amide bonds. The number of benzene rings is 2. The molecular weight excluding hydrogens is 360 g/mol. The van der Waals surface area contributed by atoms with Crippen LogP contribution in [0.2, 0.25) is 10.0 Å². The van der Waals surface area contributed by atoms with Gasteiger partial charge in [0.2, 0.25) is 0 Å². The quantitative estimate of drug-likeness (QED) is 0.630. The van der Waals surface area contributed by atoms with E-state index < -0.39 is 5.97 Å². The molecule has 110 valence electrons. The molecule has 3 aromatic rings. The zero-order valence-electron chi connectivity index (χ0n) is 12.6. The Hall–Kier alpha value is -0.464. The first kappa shape index (κ1) is 18.9. The average Bonchev–Trinajstić information content (AvgIpc) is 2.48. The molecule has 3 rings (SSSR count). The minimum absolute atomic E-state index is 0. The summed E-state index contributed by atoms with van der Waals surface area (Å²) in [5.74, 6) is -1.24. The monoisotopic (exact) mass is 369 g/mol. The molecule has 0 aliphatic heterocycles. The molecule has 0 saturated heterocycles. The van der Waals surface area contributed by atoms with Crippen LogP contribution >= 0.6 is 23.2 Å². The molecule has 0 atom stereocenters. The predicted octanol–water partition coefficient (Wildman–Crippen LogP) is 0.885. The van der Waals surface area contributed by atoms with E-state index in [-0.39, 0.29) is 56.9 Å². The Morgan fingerprint density at radius 3 is 2.43 bits per heavy atom. The summed E-state index contributed by atoms with van der Waals surface area (Å²) >= 11 is 11.9. The second-order valence-corrected chi connectivity index (χ2v) is 5.81. The summed E-state index contributed by atoms with van der Waals surface area (Å²) in [5, 5.41) is 12.8. The Kier molecular flexibility index (Phi) is 6.25. The number of aryl methyl sites for hydroxylation is 1. The zero-order valence-corrected chi connectivity index (χ0v) is 17.2. The summed E-state index contributed by atoms with van der Waals surface area (Å²) in [4.78, 5) is 16.0. The summed E-state index contributed by atoms with van der Waals surface area (Å²) < 4.78 is 0. The molecule has 0 aliphatic carbocycles. The molecular formula is C17H10Cl2KNO2. The number of aromatic carboxylic acids is 1. The number of carboxylic acids is 1. The number of aromatic nitrogens is 1. The number of hydrogen-bond donors (Lipinski definition) is 0. The Bertz CT molecular complexity index is 912. The van der Waals surface area contributed by atoms with E-state index in [9.17, 15) is 9.90 Å². The van der Waals surface area contributed by atoms with Crippen molar-refractivity contribution >= 4 is 40.1 Å². The number of pyridine rings is 1. The smallest absolute Gasteiger partial charge is 0.545 e. The molecule has 1 aromatic heterocycles.